The molecule has 0 bridgehead atoms. The van der Waals surface area contributed by atoms with Crippen molar-refractivity contribution in [2.75, 3.05) is 0 Å². The SMILES string of the molecule is Cl.N#CC[C@H]1CC[C@H](N)CC1. The van der Waals surface area contributed by atoms with Crippen molar-refractivity contribution in [1.29, 1.82) is 5.26 Å². The molecule has 0 aliphatic heterocycles. The summed E-state index contributed by atoms with van der Waals surface area (Å²) in [6.07, 6.45) is 5.29. The molecule has 2 N–H and O–H groups in total. The maximum Gasteiger partial charge on any atom is 0.0624 e. The summed E-state index contributed by atoms with van der Waals surface area (Å²) in [5, 5.41) is 8.40. The third kappa shape index (κ3) is 3.60. The summed E-state index contributed by atoms with van der Waals surface area (Å²) in [7, 11) is 0. The third-order valence-corrected chi connectivity index (χ3v) is 2.27. The Labute approximate surface area is 74.2 Å². The van der Waals surface area contributed by atoms with E-state index in [9.17, 15) is 0 Å². The molecule has 64 valence electrons. The van der Waals surface area contributed by atoms with Gasteiger partial charge in [0.2, 0.25) is 0 Å². The summed E-state index contributed by atoms with van der Waals surface area (Å²) < 4.78 is 0. The average molecular weight is 175 g/mol. The first-order chi connectivity index (χ1) is 4.83. The van der Waals surface area contributed by atoms with Gasteiger partial charge in [-0.25, -0.2) is 0 Å². The maximum absolute atomic E-state index is 8.40. The van der Waals surface area contributed by atoms with Crippen molar-refractivity contribution in [2.24, 2.45) is 11.7 Å². The minimum Gasteiger partial charge on any atom is -0.328 e. The van der Waals surface area contributed by atoms with E-state index in [0.29, 0.717) is 12.0 Å². The van der Waals surface area contributed by atoms with Gasteiger partial charge in [0.05, 0.1) is 6.07 Å². The molecule has 1 rings (SSSR count). The number of halogens is 1. The van der Waals surface area contributed by atoms with Gasteiger partial charge in [-0.05, 0) is 31.6 Å². The first-order valence-electron chi connectivity index (χ1n) is 3.95. The normalized spacial score (nSPS) is 30.2. The first kappa shape index (κ1) is 10.7. The topological polar surface area (TPSA) is 49.8 Å². The van der Waals surface area contributed by atoms with E-state index >= 15 is 0 Å². The van der Waals surface area contributed by atoms with Crippen LogP contribution in [0.25, 0.3) is 0 Å². The quantitative estimate of drug-likeness (QED) is 0.660. The van der Waals surface area contributed by atoms with Gasteiger partial charge >= 0.3 is 0 Å². The molecule has 0 spiro atoms. The standard InChI is InChI=1S/C8H14N2.ClH/c9-6-5-7-1-3-8(10)4-2-7;/h7-8H,1-5,10H2;1H/t7-,8-;. The highest BCUT2D eigenvalue weighted by Gasteiger charge is 2.17. The summed E-state index contributed by atoms with van der Waals surface area (Å²) in [4.78, 5) is 0. The number of hydrogen-bond donors (Lipinski definition) is 1. The Hall–Kier alpha value is -0.260. The van der Waals surface area contributed by atoms with E-state index in [1.165, 1.54) is 0 Å². The van der Waals surface area contributed by atoms with Crippen LogP contribution in [-0.2, 0) is 0 Å². The fourth-order valence-corrected chi connectivity index (χ4v) is 1.52. The molecule has 1 aliphatic carbocycles. The number of nitrogens with zero attached hydrogens (tertiary/aromatic N) is 1. The number of nitriles is 1. The minimum atomic E-state index is 0. The van der Waals surface area contributed by atoms with E-state index in [0.717, 1.165) is 32.1 Å². The van der Waals surface area contributed by atoms with Crippen LogP contribution in [0.4, 0.5) is 0 Å². The molecule has 0 heterocycles. The Bertz CT molecular complexity index is 134. The van der Waals surface area contributed by atoms with Crippen molar-refractivity contribution in [1.82, 2.24) is 0 Å². The molecule has 0 amide bonds. The molecular weight excluding hydrogens is 160 g/mol. The van der Waals surface area contributed by atoms with Crippen molar-refractivity contribution < 1.29 is 0 Å². The van der Waals surface area contributed by atoms with Crippen LogP contribution in [-0.4, -0.2) is 6.04 Å². The lowest BCUT2D eigenvalue weighted by Gasteiger charge is -2.23. The fourth-order valence-electron chi connectivity index (χ4n) is 1.52. The van der Waals surface area contributed by atoms with Crippen LogP contribution in [0.1, 0.15) is 32.1 Å². The zero-order chi connectivity index (χ0) is 7.40. The molecule has 1 fully saturated rings. The maximum atomic E-state index is 8.40. The third-order valence-electron chi connectivity index (χ3n) is 2.27. The molecule has 1 saturated carbocycles. The Balaban J connectivity index is 0.000001000. The predicted molar refractivity (Wildman–Crippen MR) is 47.4 cm³/mol. The van der Waals surface area contributed by atoms with E-state index in [-0.39, 0.29) is 12.4 Å². The van der Waals surface area contributed by atoms with Crippen molar-refractivity contribution in [3.8, 4) is 6.07 Å². The van der Waals surface area contributed by atoms with Crippen LogP contribution < -0.4 is 5.73 Å². The van der Waals surface area contributed by atoms with Crippen LogP contribution in [0, 0.1) is 17.2 Å². The summed E-state index contributed by atoms with van der Waals surface area (Å²) in [5.74, 6) is 0.643. The summed E-state index contributed by atoms with van der Waals surface area (Å²) in [5.41, 5.74) is 5.71. The lowest BCUT2D eigenvalue weighted by molar-refractivity contribution is 0.331. The molecule has 0 saturated heterocycles. The first-order valence-corrected chi connectivity index (χ1v) is 3.95. The minimum absolute atomic E-state index is 0. The monoisotopic (exact) mass is 174 g/mol. The predicted octanol–water partition coefficient (Wildman–Crippen LogP) is 1.84. The molecule has 2 nitrogen and oxygen atoms in total. The van der Waals surface area contributed by atoms with Gasteiger partial charge in [-0.1, -0.05) is 0 Å². The zero-order valence-corrected chi connectivity index (χ0v) is 7.44. The van der Waals surface area contributed by atoms with Crippen LogP contribution in [0.5, 0.6) is 0 Å². The average Bonchev–Trinajstić information content (AvgIpc) is 1.95. The van der Waals surface area contributed by atoms with Gasteiger partial charge in [-0.2, -0.15) is 5.26 Å². The van der Waals surface area contributed by atoms with E-state index < -0.39 is 0 Å². The molecule has 3 heteroatoms. The van der Waals surface area contributed by atoms with Crippen molar-refractivity contribution in [3.63, 3.8) is 0 Å². The van der Waals surface area contributed by atoms with Gasteiger partial charge in [-0.15, -0.1) is 12.4 Å². The molecule has 0 unspecified atom stereocenters. The smallest absolute Gasteiger partial charge is 0.0624 e. The van der Waals surface area contributed by atoms with E-state index in [4.69, 9.17) is 11.0 Å². The molecule has 0 radical (unpaired) electrons. The molecule has 0 aromatic heterocycles. The van der Waals surface area contributed by atoms with Crippen LogP contribution in [0.2, 0.25) is 0 Å². The molecule has 0 aromatic rings. The van der Waals surface area contributed by atoms with Gasteiger partial charge < -0.3 is 5.73 Å². The molecule has 1 aliphatic rings. The van der Waals surface area contributed by atoms with E-state index in [1.54, 1.807) is 0 Å². The number of nitrogens with two attached hydrogens (primary N) is 1. The van der Waals surface area contributed by atoms with E-state index in [1.807, 2.05) is 0 Å². The van der Waals surface area contributed by atoms with Crippen molar-refractivity contribution >= 4 is 12.4 Å². The second-order valence-corrected chi connectivity index (χ2v) is 3.14. The zero-order valence-electron chi connectivity index (χ0n) is 6.62. The fraction of sp³-hybridized carbons (Fsp3) is 0.875. The highest BCUT2D eigenvalue weighted by Crippen LogP contribution is 2.24. The number of hydrogen-bond acceptors (Lipinski definition) is 2. The van der Waals surface area contributed by atoms with Crippen LogP contribution >= 0.6 is 12.4 Å². The van der Waals surface area contributed by atoms with Crippen molar-refractivity contribution in [2.45, 2.75) is 38.1 Å². The van der Waals surface area contributed by atoms with Gasteiger partial charge in [0, 0.05) is 12.5 Å². The summed E-state index contributed by atoms with van der Waals surface area (Å²) >= 11 is 0. The Morgan fingerprint density at radius 1 is 1.27 bits per heavy atom. The summed E-state index contributed by atoms with van der Waals surface area (Å²) in [6, 6.07) is 2.62. The second kappa shape index (κ2) is 5.40. The lowest BCUT2D eigenvalue weighted by Crippen LogP contribution is -2.26. The molecule has 0 aromatic carbocycles. The lowest BCUT2D eigenvalue weighted by atomic mass is 9.85. The molecule has 11 heavy (non-hydrogen) atoms. The van der Waals surface area contributed by atoms with Gasteiger partial charge in [0.15, 0.2) is 0 Å². The van der Waals surface area contributed by atoms with Crippen molar-refractivity contribution in [3.05, 3.63) is 0 Å². The Kier molecular flexibility index (Phi) is 5.27. The van der Waals surface area contributed by atoms with Gasteiger partial charge in [0.1, 0.15) is 0 Å². The Morgan fingerprint density at radius 2 is 1.82 bits per heavy atom. The molecular formula is C8H15ClN2. The number of rotatable bonds is 1. The van der Waals surface area contributed by atoms with Crippen LogP contribution in [0.15, 0.2) is 0 Å². The Morgan fingerprint density at radius 3 is 2.27 bits per heavy atom. The highest BCUT2D eigenvalue weighted by molar-refractivity contribution is 5.85. The summed E-state index contributed by atoms with van der Waals surface area (Å²) in [6.45, 7) is 0. The molecule has 0 atom stereocenters. The van der Waals surface area contributed by atoms with Crippen LogP contribution in [0.3, 0.4) is 0 Å². The van der Waals surface area contributed by atoms with Gasteiger partial charge in [0.25, 0.3) is 0 Å². The van der Waals surface area contributed by atoms with Gasteiger partial charge in [-0.3, -0.25) is 0 Å². The highest BCUT2D eigenvalue weighted by atomic mass is 35.5. The van der Waals surface area contributed by atoms with E-state index in [2.05, 4.69) is 6.07 Å². The largest absolute Gasteiger partial charge is 0.328 e. The second-order valence-electron chi connectivity index (χ2n) is 3.14.